The van der Waals surface area contributed by atoms with E-state index in [0.717, 1.165) is 12.8 Å². The lowest BCUT2D eigenvalue weighted by Crippen LogP contribution is -2.38. The van der Waals surface area contributed by atoms with Crippen LogP contribution in [0.2, 0.25) is 0 Å². The van der Waals surface area contributed by atoms with E-state index in [-0.39, 0.29) is 22.9 Å². The molecule has 3 atom stereocenters. The van der Waals surface area contributed by atoms with Crippen LogP contribution < -0.4 is 5.32 Å². The summed E-state index contributed by atoms with van der Waals surface area (Å²) in [6.07, 6.45) is 4.63. The first-order valence-corrected chi connectivity index (χ1v) is 4.93. The molecule has 3 unspecified atom stereocenters. The van der Waals surface area contributed by atoms with Crippen LogP contribution in [-0.4, -0.2) is 12.1 Å². The van der Waals surface area contributed by atoms with Gasteiger partial charge in [-0.1, -0.05) is 13.3 Å². The maximum absolute atomic E-state index is 8.83. The van der Waals surface area contributed by atoms with Gasteiger partial charge in [0.1, 0.15) is 0 Å². The zero-order valence-corrected chi connectivity index (χ0v) is 10.1. The molecule has 0 aromatic rings. The Labute approximate surface area is 91.5 Å². The van der Waals surface area contributed by atoms with Crippen molar-refractivity contribution in [2.24, 2.45) is 5.92 Å². The standard InChI is InChI=1S/C10H18N2.BrH/c1-3-8(2)12-10-6-4-5-9(10)7-11;/h8-10,12H,3-6H2,1-2H3;1H. The summed E-state index contributed by atoms with van der Waals surface area (Å²) in [5.74, 6) is 0.263. The highest BCUT2D eigenvalue weighted by Gasteiger charge is 2.27. The van der Waals surface area contributed by atoms with Crippen LogP contribution in [0, 0.1) is 17.2 Å². The van der Waals surface area contributed by atoms with Gasteiger partial charge in [0.05, 0.1) is 12.0 Å². The van der Waals surface area contributed by atoms with Crippen LogP contribution in [0.4, 0.5) is 0 Å². The van der Waals surface area contributed by atoms with Gasteiger partial charge in [0.25, 0.3) is 0 Å². The maximum atomic E-state index is 8.83. The van der Waals surface area contributed by atoms with E-state index in [1.54, 1.807) is 0 Å². The highest BCUT2D eigenvalue weighted by molar-refractivity contribution is 8.93. The topological polar surface area (TPSA) is 35.8 Å². The molecule has 76 valence electrons. The summed E-state index contributed by atoms with van der Waals surface area (Å²) in [7, 11) is 0. The first-order chi connectivity index (χ1) is 5.77. The number of nitriles is 1. The average Bonchev–Trinajstić information content (AvgIpc) is 2.51. The van der Waals surface area contributed by atoms with Crippen LogP contribution in [0.5, 0.6) is 0 Å². The summed E-state index contributed by atoms with van der Waals surface area (Å²) in [4.78, 5) is 0. The molecule has 13 heavy (non-hydrogen) atoms. The van der Waals surface area contributed by atoms with Crippen LogP contribution in [0.15, 0.2) is 0 Å². The minimum Gasteiger partial charge on any atom is -0.310 e. The minimum atomic E-state index is 0. The average molecular weight is 247 g/mol. The highest BCUT2D eigenvalue weighted by Crippen LogP contribution is 2.25. The quantitative estimate of drug-likeness (QED) is 0.832. The molecule has 3 heteroatoms. The Balaban J connectivity index is 0.00000144. The Kier molecular flexibility index (Phi) is 6.36. The largest absolute Gasteiger partial charge is 0.310 e. The molecule has 1 rings (SSSR count). The molecule has 0 saturated heterocycles. The Morgan fingerprint density at radius 1 is 1.54 bits per heavy atom. The predicted octanol–water partition coefficient (Wildman–Crippen LogP) is 2.64. The third-order valence-corrected chi connectivity index (χ3v) is 2.79. The number of rotatable bonds is 3. The van der Waals surface area contributed by atoms with Gasteiger partial charge in [-0.05, 0) is 26.2 Å². The normalized spacial score (nSPS) is 29.0. The summed E-state index contributed by atoms with van der Waals surface area (Å²) >= 11 is 0. The van der Waals surface area contributed by atoms with E-state index >= 15 is 0 Å². The number of hydrogen-bond acceptors (Lipinski definition) is 2. The van der Waals surface area contributed by atoms with E-state index < -0.39 is 0 Å². The second-order valence-electron chi connectivity index (χ2n) is 3.75. The fourth-order valence-corrected chi connectivity index (χ4v) is 1.80. The van der Waals surface area contributed by atoms with E-state index in [9.17, 15) is 0 Å². The molecule has 1 saturated carbocycles. The van der Waals surface area contributed by atoms with Crippen molar-refractivity contribution in [3.8, 4) is 6.07 Å². The molecule has 1 aliphatic carbocycles. The Morgan fingerprint density at radius 2 is 2.23 bits per heavy atom. The molecule has 0 aliphatic heterocycles. The fourth-order valence-electron chi connectivity index (χ4n) is 1.80. The van der Waals surface area contributed by atoms with Crippen LogP contribution in [0.25, 0.3) is 0 Å². The lowest BCUT2D eigenvalue weighted by molar-refractivity contribution is 0.404. The van der Waals surface area contributed by atoms with Crippen molar-refractivity contribution in [2.75, 3.05) is 0 Å². The summed E-state index contributed by atoms with van der Waals surface area (Å²) in [5, 5.41) is 12.3. The number of hydrogen-bond donors (Lipinski definition) is 1. The zero-order valence-electron chi connectivity index (χ0n) is 8.42. The molecule has 1 N–H and O–H groups in total. The first-order valence-electron chi connectivity index (χ1n) is 4.93. The van der Waals surface area contributed by atoms with Gasteiger partial charge in [0.15, 0.2) is 0 Å². The second-order valence-corrected chi connectivity index (χ2v) is 3.75. The smallest absolute Gasteiger partial charge is 0.0672 e. The van der Waals surface area contributed by atoms with Gasteiger partial charge in [0.2, 0.25) is 0 Å². The van der Waals surface area contributed by atoms with E-state index in [2.05, 4.69) is 25.2 Å². The van der Waals surface area contributed by atoms with Crippen molar-refractivity contribution in [3.05, 3.63) is 0 Å². The molecule has 0 aromatic heterocycles. The summed E-state index contributed by atoms with van der Waals surface area (Å²) in [6.45, 7) is 4.36. The van der Waals surface area contributed by atoms with Crippen LogP contribution in [0.1, 0.15) is 39.5 Å². The first kappa shape index (κ1) is 12.9. The highest BCUT2D eigenvalue weighted by atomic mass is 79.9. The SMILES string of the molecule is Br.CCC(C)NC1CCCC1C#N. The van der Waals surface area contributed by atoms with E-state index in [1.165, 1.54) is 12.8 Å². The summed E-state index contributed by atoms with van der Waals surface area (Å²) in [6, 6.07) is 3.40. The van der Waals surface area contributed by atoms with Gasteiger partial charge in [0, 0.05) is 12.1 Å². The number of nitrogens with zero attached hydrogens (tertiary/aromatic N) is 1. The molecule has 0 heterocycles. The second kappa shape index (κ2) is 6.39. The molecule has 1 aliphatic rings. The summed E-state index contributed by atoms with van der Waals surface area (Å²) in [5.41, 5.74) is 0. The molecule has 1 fully saturated rings. The third-order valence-electron chi connectivity index (χ3n) is 2.79. The van der Waals surface area contributed by atoms with Crippen molar-refractivity contribution in [3.63, 3.8) is 0 Å². The lowest BCUT2D eigenvalue weighted by Gasteiger charge is -2.20. The van der Waals surface area contributed by atoms with Gasteiger partial charge < -0.3 is 5.32 Å². The lowest BCUT2D eigenvalue weighted by atomic mass is 10.0. The molecule has 2 nitrogen and oxygen atoms in total. The van der Waals surface area contributed by atoms with Crippen LogP contribution in [-0.2, 0) is 0 Å². The van der Waals surface area contributed by atoms with Gasteiger partial charge in [-0.2, -0.15) is 5.26 Å². The van der Waals surface area contributed by atoms with Crippen molar-refractivity contribution in [1.82, 2.24) is 5.32 Å². The van der Waals surface area contributed by atoms with Crippen molar-refractivity contribution < 1.29 is 0 Å². The number of halogens is 1. The molecule has 0 bridgehead atoms. The van der Waals surface area contributed by atoms with Crippen molar-refractivity contribution in [2.45, 2.75) is 51.6 Å². The van der Waals surface area contributed by atoms with E-state index in [4.69, 9.17) is 5.26 Å². The molecule has 0 radical (unpaired) electrons. The molecule has 0 aromatic carbocycles. The van der Waals surface area contributed by atoms with E-state index in [1.807, 2.05) is 0 Å². The molecule has 0 amide bonds. The predicted molar refractivity (Wildman–Crippen MR) is 60.0 cm³/mol. The van der Waals surface area contributed by atoms with Crippen LogP contribution >= 0.6 is 17.0 Å². The molecular weight excluding hydrogens is 228 g/mol. The minimum absolute atomic E-state index is 0. The fraction of sp³-hybridized carbons (Fsp3) is 0.900. The van der Waals surface area contributed by atoms with Gasteiger partial charge >= 0.3 is 0 Å². The maximum Gasteiger partial charge on any atom is 0.0672 e. The molecule has 0 spiro atoms. The Hall–Kier alpha value is -0.0700. The summed E-state index contributed by atoms with van der Waals surface area (Å²) < 4.78 is 0. The zero-order chi connectivity index (χ0) is 8.97. The number of nitrogens with one attached hydrogen (secondary N) is 1. The Morgan fingerprint density at radius 3 is 2.77 bits per heavy atom. The van der Waals surface area contributed by atoms with Crippen LogP contribution in [0.3, 0.4) is 0 Å². The Bertz CT molecular complexity index is 176. The van der Waals surface area contributed by atoms with Gasteiger partial charge in [-0.3, -0.25) is 0 Å². The van der Waals surface area contributed by atoms with Crippen molar-refractivity contribution >= 4 is 17.0 Å². The third kappa shape index (κ3) is 3.66. The van der Waals surface area contributed by atoms with Gasteiger partial charge in [-0.15, -0.1) is 17.0 Å². The van der Waals surface area contributed by atoms with Crippen molar-refractivity contribution in [1.29, 1.82) is 5.26 Å². The molecular formula is C10H19BrN2. The van der Waals surface area contributed by atoms with Gasteiger partial charge in [-0.25, -0.2) is 0 Å². The monoisotopic (exact) mass is 246 g/mol. The van der Waals surface area contributed by atoms with E-state index in [0.29, 0.717) is 12.1 Å².